The zero-order valence-electron chi connectivity index (χ0n) is 10.7. The van der Waals surface area contributed by atoms with Gasteiger partial charge < -0.3 is 9.73 Å². The Morgan fingerprint density at radius 2 is 2.32 bits per heavy atom. The van der Waals surface area contributed by atoms with Crippen LogP contribution in [0.1, 0.15) is 12.5 Å². The molecule has 1 unspecified atom stereocenters. The quantitative estimate of drug-likeness (QED) is 0.874. The number of carbonyl (C=O) groups excluding carboxylic acids is 1. The highest BCUT2D eigenvalue weighted by Gasteiger charge is 2.14. The molecule has 0 saturated heterocycles. The Morgan fingerprint density at radius 3 is 2.95 bits per heavy atom. The number of rotatable bonds is 4. The summed E-state index contributed by atoms with van der Waals surface area (Å²) in [4.78, 5) is 11.8. The zero-order chi connectivity index (χ0) is 13.8. The van der Waals surface area contributed by atoms with Crippen LogP contribution in [0.2, 0.25) is 0 Å². The number of aryl methyl sites for hydroxylation is 1. The van der Waals surface area contributed by atoms with Gasteiger partial charge in [0.05, 0.1) is 0 Å². The second-order valence-electron chi connectivity index (χ2n) is 4.32. The largest absolute Gasteiger partial charge is 0.423 e. The van der Waals surface area contributed by atoms with E-state index in [1.54, 1.807) is 6.92 Å². The number of amides is 1. The molecule has 19 heavy (non-hydrogen) atoms. The lowest BCUT2D eigenvalue weighted by Crippen LogP contribution is -2.21. The molecule has 2 aromatic rings. The van der Waals surface area contributed by atoms with Crippen LogP contribution in [-0.4, -0.2) is 22.0 Å². The van der Waals surface area contributed by atoms with E-state index in [2.05, 4.69) is 15.5 Å². The summed E-state index contributed by atoms with van der Waals surface area (Å²) >= 11 is 5.67. The molecule has 0 fully saturated rings. The van der Waals surface area contributed by atoms with Crippen LogP contribution in [0.25, 0.3) is 11.5 Å². The molecule has 0 aliphatic carbocycles. The third-order valence-corrected chi connectivity index (χ3v) is 3.24. The Balaban J connectivity index is 2.25. The van der Waals surface area contributed by atoms with Crippen molar-refractivity contribution in [1.29, 1.82) is 0 Å². The van der Waals surface area contributed by atoms with Gasteiger partial charge in [-0.2, -0.15) is 0 Å². The molecule has 1 aromatic carbocycles. The highest BCUT2D eigenvalue weighted by atomic mass is 35.5. The van der Waals surface area contributed by atoms with Crippen molar-refractivity contribution in [3.8, 4) is 11.5 Å². The molecule has 0 bridgehead atoms. The van der Waals surface area contributed by atoms with E-state index in [1.807, 2.05) is 25.1 Å². The maximum atomic E-state index is 11.8. The maximum absolute atomic E-state index is 11.8. The van der Waals surface area contributed by atoms with Gasteiger partial charge in [-0.3, -0.25) is 4.79 Å². The van der Waals surface area contributed by atoms with E-state index in [0.717, 1.165) is 16.8 Å². The molecule has 1 aromatic heterocycles. The van der Waals surface area contributed by atoms with E-state index in [0.29, 0.717) is 5.89 Å². The number of anilines is 1. The second kappa shape index (κ2) is 5.84. The minimum atomic E-state index is -0.242. The van der Waals surface area contributed by atoms with Gasteiger partial charge in [0.1, 0.15) is 0 Å². The van der Waals surface area contributed by atoms with Crippen LogP contribution in [0.5, 0.6) is 0 Å². The summed E-state index contributed by atoms with van der Waals surface area (Å²) in [5, 5.41) is 10.3. The third-order valence-electron chi connectivity index (χ3n) is 2.78. The lowest BCUT2D eigenvalue weighted by molar-refractivity contribution is -0.118. The van der Waals surface area contributed by atoms with Crippen molar-refractivity contribution in [1.82, 2.24) is 10.2 Å². The normalized spacial score (nSPS) is 12.2. The van der Waals surface area contributed by atoms with Crippen molar-refractivity contribution in [2.75, 3.05) is 11.2 Å². The Kier molecular flexibility index (Phi) is 4.16. The Morgan fingerprint density at radius 1 is 1.53 bits per heavy atom. The molecular weight excluding hydrogens is 266 g/mol. The number of nitrogens with one attached hydrogen (secondary N) is 1. The van der Waals surface area contributed by atoms with Crippen molar-refractivity contribution in [3.63, 3.8) is 0 Å². The Bertz CT molecular complexity index is 569. The zero-order valence-corrected chi connectivity index (χ0v) is 11.4. The molecule has 1 amide bonds. The summed E-state index contributed by atoms with van der Waals surface area (Å²) in [6.45, 7) is 3.69. The van der Waals surface area contributed by atoms with Crippen LogP contribution in [-0.2, 0) is 4.79 Å². The van der Waals surface area contributed by atoms with Gasteiger partial charge >= 0.3 is 0 Å². The summed E-state index contributed by atoms with van der Waals surface area (Å²) in [5.41, 5.74) is 2.44. The number of hydrogen-bond donors (Lipinski definition) is 1. The minimum Gasteiger partial charge on any atom is -0.423 e. The van der Waals surface area contributed by atoms with Crippen molar-refractivity contribution in [2.45, 2.75) is 13.8 Å². The topological polar surface area (TPSA) is 68.0 Å². The molecule has 1 heterocycles. The van der Waals surface area contributed by atoms with Crippen LogP contribution in [0, 0.1) is 12.8 Å². The monoisotopic (exact) mass is 279 g/mol. The fourth-order valence-electron chi connectivity index (χ4n) is 1.51. The molecular formula is C13H14ClN3O2. The minimum absolute atomic E-state index is 0.110. The summed E-state index contributed by atoms with van der Waals surface area (Å²) in [6, 6.07) is 5.56. The van der Waals surface area contributed by atoms with E-state index >= 15 is 0 Å². The first-order valence-electron chi connectivity index (χ1n) is 5.86. The number of halogens is 1. The Hall–Kier alpha value is -1.88. The van der Waals surface area contributed by atoms with Gasteiger partial charge in [0.25, 0.3) is 0 Å². The summed E-state index contributed by atoms with van der Waals surface area (Å²) in [7, 11) is 0. The molecule has 0 saturated carbocycles. The molecule has 0 aliphatic heterocycles. The second-order valence-corrected chi connectivity index (χ2v) is 4.63. The fraction of sp³-hybridized carbons (Fsp3) is 0.308. The highest BCUT2D eigenvalue weighted by molar-refractivity contribution is 6.19. The third kappa shape index (κ3) is 3.12. The molecule has 100 valence electrons. The van der Waals surface area contributed by atoms with Crippen LogP contribution in [0.15, 0.2) is 29.0 Å². The first kappa shape index (κ1) is 13.5. The van der Waals surface area contributed by atoms with Crippen LogP contribution < -0.4 is 5.32 Å². The van der Waals surface area contributed by atoms with Gasteiger partial charge in [-0.1, -0.05) is 13.0 Å². The van der Waals surface area contributed by atoms with Gasteiger partial charge in [-0.25, -0.2) is 0 Å². The molecule has 0 radical (unpaired) electrons. The number of carbonyl (C=O) groups is 1. The lowest BCUT2D eigenvalue weighted by atomic mass is 10.1. The van der Waals surface area contributed by atoms with E-state index in [-0.39, 0.29) is 17.7 Å². The SMILES string of the molecule is Cc1ccc(-c2nnco2)cc1NC(=O)C(C)CCl. The van der Waals surface area contributed by atoms with Crippen molar-refractivity contribution in [2.24, 2.45) is 5.92 Å². The number of hydrogen-bond acceptors (Lipinski definition) is 4. The predicted molar refractivity (Wildman–Crippen MR) is 73.0 cm³/mol. The van der Waals surface area contributed by atoms with Gasteiger partial charge in [0.2, 0.25) is 18.2 Å². The lowest BCUT2D eigenvalue weighted by Gasteiger charge is -2.12. The highest BCUT2D eigenvalue weighted by Crippen LogP contribution is 2.24. The molecule has 1 N–H and O–H groups in total. The molecule has 5 nitrogen and oxygen atoms in total. The first-order valence-corrected chi connectivity index (χ1v) is 6.39. The number of aromatic nitrogens is 2. The first-order chi connectivity index (χ1) is 9.11. The Labute approximate surface area is 116 Å². The summed E-state index contributed by atoms with van der Waals surface area (Å²) in [6.07, 6.45) is 1.27. The summed E-state index contributed by atoms with van der Waals surface area (Å²) in [5.74, 6) is 0.351. The number of nitrogens with zero attached hydrogens (tertiary/aromatic N) is 2. The van der Waals surface area contributed by atoms with Crippen molar-refractivity contribution < 1.29 is 9.21 Å². The predicted octanol–water partition coefficient (Wildman–Crippen LogP) is 2.86. The molecule has 6 heteroatoms. The number of alkyl halides is 1. The van der Waals surface area contributed by atoms with Crippen LogP contribution >= 0.6 is 11.6 Å². The van der Waals surface area contributed by atoms with Gasteiger partial charge in [-0.15, -0.1) is 21.8 Å². The molecule has 2 rings (SSSR count). The molecule has 1 atom stereocenters. The molecule has 0 spiro atoms. The van der Waals surface area contributed by atoms with E-state index in [9.17, 15) is 4.79 Å². The smallest absolute Gasteiger partial charge is 0.247 e. The van der Waals surface area contributed by atoms with E-state index < -0.39 is 0 Å². The average Bonchev–Trinajstić information content (AvgIpc) is 2.94. The van der Waals surface area contributed by atoms with E-state index in [1.165, 1.54) is 6.39 Å². The maximum Gasteiger partial charge on any atom is 0.247 e. The average molecular weight is 280 g/mol. The van der Waals surface area contributed by atoms with Crippen LogP contribution in [0.3, 0.4) is 0 Å². The van der Waals surface area contributed by atoms with E-state index in [4.69, 9.17) is 16.0 Å². The van der Waals surface area contributed by atoms with Crippen molar-refractivity contribution >= 4 is 23.2 Å². The molecule has 0 aliphatic rings. The van der Waals surface area contributed by atoms with Crippen LogP contribution in [0.4, 0.5) is 5.69 Å². The summed E-state index contributed by atoms with van der Waals surface area (Å²) < 4.78 is 5.13. The van der Waals surface area contributed by atoms with Gasteiger partial charge in [0.15, 0.2) is 0 Å². The van der Waals surface area contributed by atoms with Gasteiger partial charge in [-0.05, 0) is 24.6 Å². The standard InChI is InChI=1S/C13H14ClN3O2/c1-8-3-4-10(13-17-15-7-19-13)5-11(8)16-12(18)9(2)6-14/h3-5,7,9H,6H2,1-2H3,(H,16,18). The van der Waals surface area contributed by atoms with Gasteiger partial charge in [0, 0.05) is 23.0 Å². The fourth-order valence-corrected chi connectivity index (χ4v) is 1.65. The number of benzene rings is 1. The van der Waals surface area contributed by atoms with Crippen molar-refractivity contribution in [3.05, 3.63) is 30.2 Å².